The number of allylic oxidation sites excluding steroid dienone is 2. The molecule has 126 valence electrons. The largest absolute Gasteiger partial charge is 0.362 e. The summed E-state index contributed by atoms with van der Waals surface area (Å²) < 4.78 is 16.1. The minimum absolute atomic E-state index is 0.253. The summed E-state index contributed by atoms with van der Waals surface area (Å²) in [6.07, 6.45) is 5.59. The molecule has 1 unspecified atom stereocenters. The number of benzene rings is 1. The van der Waals surface area contributed by atoms with Crippen LogP contribution in [0.1, 0.15) is 31.4 Å². The van der Waals surface area contributed by atoms with Gasteiger partial charge < -0.3 is 19.6 Å². The third-order valence-corrected chi connectivity index (χ3v) is 5.05. The van der Waals surface area contributed by atoms with Gasteiger partial charge in [-0.15, -0.1) is 0 Å². The number of ether oxygens (including phenoxy) is 1. The minimum atomic E-state index is -4.05. The summed E-state index contributed by atoms with van der Waals surface area (Å²) in [6, 6.07) is 7.26. The second-order valence-corrected chi connectivity index (χ2v) is 8.04. The van der Waals surface area contributed by atoms with Gasteiger partial charge in [0.15, 0.2) is 5.79 Å². The lowest BCUT2D eigenvalue weighted by Gasteiger charge is -2.32. The van der Waals surface area contributed by atoms with E-state index in [2.05, 4.69) is 13.8 Å². The Morgan fingerprint density at radius 1 is 1.26 bits per heavy atom. The first-order chi connectivity index (χ1) is 10.6. The van der Waals surface area contributed by atoms with Crippen LogP contribution in [0, 0.1) is 0 Å². The van der Waals surface area contributed by atoms with E-state index in [-0.39, 0.29) is 11.6 Å². The van der Waals surface area contributed by atoms with Gasteiger partial charge in [-0.05, 0) is 22.8 Å². The predicted octanol–water partition coefficient (Wildman–Crippen LogP) is 2.86. The Balaban J connectivity index is 2.21. The van der Waals surface area contributed by atoms with Crippen LogP contribution in [0.25, 0.3) is 0 Å². The van der Waals surface area contributed by atoms with Crippen LogP contribution in [0.3, 0.4) is 0 Å². The first-order valence-electron chi connectivity index (χ1n) is 7.37. The van der Waals surface area contributed by atoms with E-state index in [1.54, 1.807) is 18.2 Å². The molecule has 1 aromatic carbocycles. The number of rotatable bonds is 5. The quantitative estimate of drug-likeness (QED) is 0.568. The van der Waals surface area contributed by atoms with Crippen molar-refractivity contribution in [3.63, 3.8) is 0 Å². The normalized spacial score (nSPS) is 22.1. The van der Waals surface area contributed by atoms with E-state index in [4.69, 9.17) is 14.5 Å². The first-order valence-corrected chi connectivity index (χ1v) is 9.17. The van der Waals surface area contributed by atoms with Crippen molar-refractivity contribution in [1.82, 2.24) is 0 Å². The highest BCUT2D eigenvalue weighted by molar-refractivity contribution is 7.50. The monoisotopic (exact) mass is 338 g/mol. The lowest BCUT2D eigenvalue weighted by Crippen LogP contribution is -2.31. The fourth-order valence-electron chi connectivity index (χ4n) is 2.66. The molecule has 3 N–H and O–H groups in total. The summed E-state index contributed by atoms with van der Waals surface area (Å²) in [5.41, 5.74) is 2.42. The molecule has 0 aromatic heterocycles. The van der Waals surface area contributed by atoms with Gasteiger partial charge in [-0.3, -0.25) is 4.57 Å². The number of aliphatic hydroxyl groups is 1. The van der Waals surface area contributed by atoms with Crippen LogP contribution < -0.4 is 0 Å². The average molecular weight is 338 g/mol. The highest BCUT2D eigenvalue weighted by Gasteiger charge is 2.30. The van der Waals surface area contributed by atoms with Gasteiger partial charge in [0.1, 0.15) is 0 Å². The number of methoxy groups -OCH3 is 1. The third kappa shape index (κ3) is 4.40. The van der Waals surface area contributed by atoms with E-state index in [1.165, 1.54) is 7.11 Å². The maximum atomic E-state index is 11.1. The SMILES string of the molecule is COC1(O)C=CC(C(C)(C)c2ccc(CP(=O)(O)O)cc2)=CC1. The Kier molecular flexibility index (Phi) is 5.00. The molecule has 5 nitrogen and oxygen atoms in total. The fourth-order valence-corrected chi connectivity index (χ4v) is 3.34. The molecule has 0 saturated carbocycles. The zero-order valence-electron chi connectivity index (χ0n) is 13.6. The van der Waals surface area contributed by atoms with E-state index < -0.39 is 13.4 Å². The topological polar surface area (TPSA) is 87.0 Å². The Morgan fingerprint density at radius 3 is 2.30 bits per heavy atom. The lowest BCUT2D eigenvalue weighted by atomic mass is 9.75. The fraction of sp³-hybridized carbons (Fsp3) is 0.412. The summed E-state index contributed by atoms with van der Waals surface area (Å²) >= 11 is 0. The highest BCUT2D eigenvalue weighted by atomic mass is 31.2. The Hall–Kier alpha value is -1.23. The van der Waals surface area contributed by atoms with E-state index in [0.717, 1.165) is 11.1 Å². The molecular weight excluding hydrogens is 315 g/mol. The molecule has 1 atom stereocenters. The summed E-state index contributed by atoms with van der Waals surface area (Å²) in [5.74, 6) is -1.24. The molecule has 0 heterocycles. The van der Waals surface area contributed by atoms with Gasteiger partial charge in [0.25, 0.3) is 0 Å². The number of hydrogen-bond acceptors (Lipinski definition) is 3. The molecule has 0 amide bonds. The van der Waals surface area contributed by atoms with Gasteiger partial charge in [0.05, 0.1) is 6.16 Å². The van der Waals surface area contributed by atoms with Crippen molar-refractivity contribution >= 4 is 7.60 Å². The van der Waals surface area contributed by atoms with E-state index >= 15 is 0 Å². The Morgan fingerprint density at radius 2 is 1.87 bits per heavy atom. The molecule has 1 aliphatic carbocycles. The van der Waals surface area contributed by atoms with Crippen LogP contribution in [0.4, 0.5) is 0 Å². The summed E-state index contributed by atoms with van der Waals surface area (Å²) in [7, 11) is -2.59. The summed E-state index contributed by atoms with van der Waals surface area (Å²) in [5, 5.41) is 10.1. The summed E-state index contributed by atoms with van der Waals surface area (Å²) in [6.45, 7) is 4.14. The van der Waals surface area contributed by atoms with Gasteiger partial charge in [0, 0.05) is 18.9 Å². The van der Waals surface area contributed by atoms with Crippen LogP contribution in [0.5, 0.6) is 0 Å². The third-order valence-electron chi connectivity index (χ3n) is 4.28. The first kappa shape index (κ1) is 18.1. The number of hydrogen-bond donors (Lipinski definition) is 3. The second-order valence-electron chi connectivity index (χ2n) is 6.39. The molecular formula is C17H23O5P. The van der Waals surface area contributed by atoms with Crippen LogP contribution in [0.2, 0.25) is 0 Å². The molecule has 0 saturated heterocycles. The summed E-state index contributed by atoms with van der Waals surface area (Å²) in [4.78, 5) is 18.1. The molecule has 0 fully saturated rings. The van der Waals surface area contributed by atoms with Crippen molar-refractivity contribution in [3.8, 4) is 0 Å². The highest BCUT2D eigenvalue weighted by Crippen LogP contribution is 2.40. The molecule has 0 spiro atoms. The van der Waals surface area contributed by atoms with Crippen LogP contribution >= 0.6 is 7.60 Å². The predicted molar refractivity (Wildman–Crippen MR) is 89.0 cm³/mol. The van der Waals surface area contributed by atoms with E-state index in [0.29, 0.717) is 12.0 Å². The van der Waals surface area contributed by atoms with Crippen molar-refractivity contribution in [2.45, 2.75) is 37.6 Å². The standard InChI is InChI=1S/C17H23O5P/c1-16(2,15-8-10-17(18,22-3)11-9-15)14-6-4-13(5-7-14)12-23(19,20)21/h4-10,18H,11-12H2,1-3H3,(H2,19,20,21). The second kappa shape index (κ2) is 6.34. The zero-order valence-corrected chi connectivity index (χ0v) is 14.5. The van der Waals surface area contributed by atoms with Gasteiger partial charge in [-0.25, -0.2) is 0 Å². The Labute approximate surface area is 136 Å². The smallest absolute Gasteiger partial charge is 0.329 e. The lowest BCUT2D eigenvalue weighted by molar-refractivity contribution is -0.143. The van der Waals surface area contributed by atoms with Crippen LogP contribution in [0.15, 0.2) is 48.1 Å². The molecule has 6 heteroatoms. The minimum Gasteiger partial charge on any atom is -0.362 e. The molecule has 0 aliphatic heterocycles. The van der Waals surface area contributed by atoms with E-state index in [1.807, 2.05) is 24.3 Å². The molecule has 0 radical (unpaired) electrons. The van der Waals surface area contributed by atoms with Gasteiger partial charge in [-0.2, -0.15) is 0 Å². The van der Waals surface area contributed by atoms with Gasteiger partial charge >= 0.3 is 7.60 Å². The van der Waals surface area contributed by atoms with Gasteiger partial charge in [0.2, 0.25) is 0 Å². The molecule has 1 aliphatic rings. The van der Waals surface area contributed by atoms with Crippen molar-refractivity contribution in [1.29, 1.82) is 0 Å². The van der Waals surface area contributed by atoms with Crippen molar-refractivity contribution < 1.29 is 24.2 Å². The van der Waals surface area contributed by atoms with E-state index in [9.17, 15) is 9.67 Å². The zero-order chi connectivity index (χ0) is 17.3. The van der Waals surface area contributed by atoms with Crippen molar-refractivity contribution in [3.05, 3.63) is 59.2 Å². The molecule has 2 rings (SSSR count). The maximum Gasteiger partial charge on any atom is 0.329 e. The Bertz CT molecular complexity index is 669. The van der Waals surface area contributed by atoms with Gasteiger partial charge in [-0.1, -0.05) is 50.3 Å². The van der Waals surface area contributed by atoms with Crippen molar-refractivity contribution in [2.24, 2.45) is 0 Å². The maximum absolute atomic E-state index is 11.1. The van der Waals surface area contributed by atoms with Crippen LogP contribution in [-0.4, -0.2) is 27.8 Å². The molecule has 0 bridgehead atoms. The molecule has 23 heavy (non-hydrogen) atoms. The van der Waals surface area contributed by atoms with Crippen LogP contribution in [-0.2, 0) is 20.9 Å². The van der Waals surface area contributed by atoms with Crippen molar-refractivity contribution in [2.75, 3.05) is 7.11 Å². The average Bonchev–Trinajstić information content (AvgIpc) is 2.46. The molecule has 1 aromatic rings.